The fraction of sp³-hybridized carbons (Fsp3) is 0.316. The number of furan rings is 1. The largest absolute Gasteiger partial charge is 0.459 e. The summed E-state index contributed by atoms with van der Waals surface area (Å²) in [5.41, 5.74) is 0.922. The summed E-state index contributed by atoms with van der Waals surface area (Å²) in [6.07, 6.45) is 6.86. The number of carbonyl (C=O) groups is 2. The van der Waals surface area contributed by atoms with Crippen molar-refractivity contribution in [1.82, 2.24) is 10.6 Å². The van der Waals surface area contributed by atoms with E-state index in [9.17, 15) is 9.59 Å². The van der Waals surface area contributed by atoms with Gasteiger partial charge in [-0.05, 0) is 55.4 Å². The van der Waals surface area contributed by atoms with Gasteiger partial charge in [-0.15, -0.1) is 0 Å². The summed E-state index contributed by atoms with van der Waals surface area (Å²) in [5.74, 6) is -0.509. The number of anilines is 1. The number of carbonyl (C=O) groups excluding carboxylic acids is 2. The molecule has 0 atom stereocenters. The van der Waals surface area contributed by atoms with Gasteiger partial charge < -0.3 is 15.1 Å². The van der Waals surface area contributed by atoms with Crippen molar-refractivity contribution in [3.63, 3.8) is 0 Å². The van der Waals surface area contributed by atoms with Crippen LogP contribution >= 0.6 is 23.8 Å². The fourth-order valence-corrected chi connectivity index (χ4v) is 3.44. The molecular formula is C19H20ClN3O3S. The first-order valence-electron chi connectivity index (χ1n) is 8.79. The second-order valence-electron chi connectivity index (χ2n) is 6.39. The Morgan fingerprint density at radius 1 is 1.11 bits per heavy atom. The van der Waals surface area contributed by atoms with Gasteiger partial charge in [0, 0.05) is 11.7 Å². The second-order valence-corrected chi connectivity index (χ2v) is 7.20. The monoisotopic (exact) mass is 405 g/mol. The number of benzene rings is 1. The first-order valence-corrected chi connectivity index (χ1v) is 9.58. The van der Waals surface area contributed by atoms with E-state index in [1.165, 1.54) is 18.8 Å². The van der Waals surface area contributed by atoms with E-state index in [2.05, 4.69) is 16.0 Å². The number of hydrogen-bond donors (Lipinski definition) is 3. The van der Waals surface area contributed by atoms with Gasteiger partial charge in [-0.2, -0.15) is 0 Å². The number of rotatable bonds is 4. The van der Waals surface area contributed by atoms with E-state index in [4.69, 9.17) is 28.2 Å². The molecule has 142 valence electrons. The SMILES string of the molecule is O=C(NC(=S)Nc1ccc(Cl)c(C(=O)NC2CCCCC2)c1)c1ccco1. The summed E-state index contributed by atoms with van der Waals surface area (Å²) in [4.78, 5) is 24.5. The summed E-state index contributed by atoms with van der Waals surface area (Å²) in [5, 5.41) is 8.89. The van der Waals surface area contributed by atoms with Crippen molar-refractivity contribution in [3.8, 4) is 0 Å². The van der Waals surface area contributed by atoms with Gasteiger partial charge in [0.1, 0.15) is 0 Å². The predicted octanol–water partition coefficient (Wildman–Crippen LogP) is 4.12. The van der Waals surface area contributed by atoms with Crippen LogP contribution in [0.25, 0.3) is 0 Å². The van der Waals surface area contributed by atoms with Crippen LogP contribution in [0, 0.1) is 0 Å². The molecule has 0 aliphatic heterocycles. The maximum Gasteiger partial charge on any atom is 0.293 e. The van der Waals surface area contributed by atoms with Gasteiger partial charge >= 0.3 is 0 Å². The number of thiocarbonyl (C=S) groups is 1. The van der Waals surface area contributed by atoms with Crippen LogP contribution in [0.1, 0.15) is 53.0 Å². The van der Waals surface area contributed by atoms with E-state index < -0.39 is 5.91 Å². The molecule has 0 bridgehead atoms. The van der Waals surface area contributed by atoms with Crippen molar-refractivity contribution < 1.29 is 14.0 Å². The molecule has 1 aliphatic carbocycles. The lowest BCUT2D eigenvalue weighted by atomic mass is 9.95. The van der Waals surface area contributed by atoms with Crippen molar-refractivity contribution in [2.24, 2.45) is 0 Å². The van der Waals surface area contributed by atoms with E-state index in [0.29, 0.717) is 16.3 Å². The van der Waals surface area contributed by atoms with E-state index in [-0.39, 0.29) is 22.8 Å². The third-order valence-electron chi connectivity index (χ3n) is 4.38. The van der Waals surface area contributed by atoms with E-state index in [1.54, 1.807) is 24.3 Å². The summed E-state index contributed by atoms with van der Waals surface area (Å²) in [6, 6.07) is 8.26. The molecule has 1 aliphatic rings. The Hall–Kier alpha value is -2.38. The maximum absolute atomic E-state index is 12.6. The van der Waals surface area contributed by atoms with Gasteiger partial charge in [-0.3, -0.25) is 14.9 Å². The summed E-state index contributed by atoms with van der Waals surface area (Å²) in [6.45, 7) is 0. The minimum absolute atomic E-state index is 0.0948. The first-order chi connectivity index (χ1) is 13.0. The summed E-state index contributed by atoms with van der Waals surface area (Å²) < 4.78 is 5.02. The molecule has 3 rings (SSSR count). The Labute approximate surface area is 167 Å². The average molecular weight is 406 g/mol. The topological polar surface area (TPSA) is 83.4 Å². The van der Waals surface area contributed by atoms with Gasteiger partial charge in [0.25, 0.3) is 11.8 Å². The number of hydrogen-bond acceptors (Lipinski definition) is 4. The van der Waals surface area contributed by atoms with E-state index in [1.807, 2.05) is 0 Å². The Balaban J connectivity index is 1.62. The molecule has 27 heavy (non-hydrogen) atoms. The maximum atomic E-state index is 12.6. The third-order valence-corrected chi connectivity index (χ3v) is 4.91. The van der Waals surface area contributed by atoms with Crippen molar-refractivity contribution >= 4 is 46.4 Å². The fourth-order valence-electron chi connectivity index (χ4n) is 3.02. The lowest BCUT2D eigenvalue weighted by Gasteiger charge is -2.23. The van der Waals surface area contributed by atoms with Crippen LogP contribution in [0.5, 0.6) is 0 Å². The first kappa shape index (κ1) is 19.4. The van der Waals surface area contributed by atoms with Gasteiger partial charge in [-0.25, -0.2) is 0 Å². The minimum Gasteiger partial charge on any atom is -0.459 e. The Morgan fingerprint density at radius 2 is 1.89 bits per heavy atom. The molecule has 0 unspecified atom stereocenters. The van der Waals surface area contributed by atoms with Gasteiger partial charge in [0.15, 0.2) is 10.9 Å². The van der Waals surface area contributed by atoms with E-state index in [0.717, 1.165) is 25.7 Å². The molecule has 3 N–H and O–H groups in total. The van der Waals surface area contributed by atoms with Crippen LogP contribution in [0.4, 0.5) is 5.69 Å². The molecule has 1 aromatic carbocycles. The highest BCUT2D eigenvalue weighted by Gasteiger charge is 2.19. The third kappa shape index (κ3) is 5.30. The van der Waals surface area contributed by atoms with Crippen molar-refractivity contribution in [1.29, 1.82) is 0 Å². The molecule has 0 spiro atoms. The molecule has 1 heterocycles. The molecule has 2 aromatic rings. The second kappa shape index (κ2) is 9.01. The molecule has 1 fully saturated rings. The quantitative estimate of drug-likeness (QED) is 0.666. The van der Waals surface area contributed by atoms with Crippen LogP contribution < -0.4 is 16.0 Å². The zero-order chi connectivity index (χ0) is 19.2. The molecule has 0 saturated heterocycles. The standard InChI is InChI=1S/C19H20ClN3O3S/c20-15-9-8-13(22-19(27)23-18(25)16-7-4-10-26-16)11-14(15)17(24)21-12-5-2-1-3-6-12/h4,7-12H,1-3,5-6H2,(H,21,24)(H2,22,23,25,27). The summed E-state index contributed by atoms with van der Waals surface area (Å²) >= 11 is 11.3. The minimum atomic E-state index is -0.457. The smallest absolute Gasteiger partial charge is 0.293 e. The average Bonchev–Trinajstić information content (AvgIpc) is 3.19. The highest BCUT2D eigenvalue weighted by molar-refractivity contribution is 7.80. The highest BCUT2D eigenvalue weighted by atomic mass is 35.5. The zero-order valence-corrected chi connectivity index (χ0v) is 16.2. The zero-order valence-electron chi connectivity index (χ0n) is 14.6. The number of halogens is 1. The van der Waals surface area contributed by atoms with Crippen LogP contribution in [0.3, 0.4) is 0 Å². The molecule has 2 amide bonds. The number of nitrogens with one attached hydrogen (secondary N) is 3. The van der Waals surface area contributed by atoms with Gasteiger partial charge in [0.2, 0.25) is 0 Å². The van der Waals surface area contributed by atoms with Crippen molar-refractivity contribution in [3.05, 3.63) is 52.9 Å². The Kier molecular flexibility index (Phi) is 6.47. The lowest BCUT2D eigenvalue weighted by molar-refractivity contribution is 0.0925. The number of amides is 2. The summed E-state index contributed by atoms with van der Waals surface area (Å²) in [7, 11) is 0. The van der Waals surface area contributed by atoms with Crippen LogP contribution in [0.2, 0.25) is 5.02 Å². The Morgan fingerprint density at radius 3 is 2.59 bits per heavy atom. The molecule has 6 nitrogen and oxygen atoms in total. The molecule has 1 saturated carbocycles. The molecular weight excluding hydrogens is 386 g/mol. The lowest BCUT2D eigenvalue weighted by Crippen LogP contribution is -2.36. The van der Waals surface area contributed by atoms with Crippen LogP contribution in [-0.4, -0.2) is 23.0 Å². The normalized spacial score (nSPS) is 14.4. The van der Waals surface area contributed by atoms with Gasteiger partial charge in [0.05, 0.1) is 16.8 Å². The highest BCUT2D eigenvalue weighted by Crippen LogP contribution is 2.23. The van der Waals surface area contributed by atoms with Crippen molar-refractivity contribution in [2.45, 2.75) is 38.1 Å². The van der Waals surface area contributed by atoms with Crippen LogP contribution in [-0.2, 0) is 0 Å². The van der Waals surface area contributed by atoms with E-state index >= 15 is 0 Å². The van der Waals surface area contributed by atoms with Crippen molar-refractivity contribution in [2.75, 3.05) is 5.32 Å². The van der Waals surface area contributed by atoms with Gasteiger partial charge in [-0.1, -0.05) is 30.9 Å². The molecule has 1 aromatic heterocycles. The van der Waals surface area contributed by atoms with Crippen LogP contribution in [0.15, 0.2) is 41.0 Å². The Bertz CT molecular complexity index is 833. The molecule has 0 radical (unpaired) electrons. The predicted molar refractivity (Wildman–Crippen MR) is 108 cm³/mol. The molecule has 8 heteroatoms.